The number of anilines is 1. The van der Waals surface area contributed by atoms with Gasteiger partial charge in [0, 0.05) is 17.9 Å². The van der Waals surface area contributed by atoms with Gasteiger partial charge >= 0.3 is 6.18 Å². The SMILES string of the molecule is Cl.Nc1ccc2c(c1)CCCC2NS(=O)(=O)c1cnn(CC(F)(F)F)c1. The van der Waals surface area contributed by atoms with E-state index < -0.39 is 28.8 Å². The van der Waals surface area contributed by atoms with E-state index in [-0.39, 0.29) is 17.3 Å². The van der Waals surface area contributed by atoms with Crippen molar-refractivity contribution in [1.82, 2.24) is 14.5 Å². The standard InChI is InChI=1S/C15H17F3N4O2S.ClH/c16-15(17,18)9-22-8-12(7-20-22)25(23,24)21-14-3-1-2-10-6-11(19)4-5-13(10)14;/h4-8,14,21H,1-3,9,19H2;1H. The van der Waals surface area contributed by atoms with Crippen LogP contribution in [0.2, 0.25) is 0 Å². The van der Waals surface area contributed by atoms with E-state index in [4.69, 9.17) is 5.73 Å². The summed E-state index contributed by atoms with van der Waals surface area (Å²) in [6, 6.07) is 4.86. The third kappa shape index (κ3) is 4.68. The van der Waals surface area contributed by atoms with Gasteiger partial charge < -0.3 is 5.73 Å². The van der Waals surface area contributed by atoms with E-state index in [1.54, 1.807) is 12.1 Å². The minimum atomic E-state index is -4.47. The molecule has 1 aliphatic carbocycles. The quantitative estimate of drug-likeness (QED) is 0.758. The number of nitrogens with one attached hydrogen (secondary N) is 1. The minimum absolute atomic E-state index is 0. The summed E-state index contributed by atoms with van der Waals surface area (Å²) >= 11 is 0. The highest BCUT2D eigenvalue weighted by Gasteiger charge is 2.30. The number of alkyl halides is 3. The highest BCUT2D eigenvalue weighted by atomic mass is 35.5. The molecule has 0 radical (unpaired) electrons. The lowest BCUT2D eigenvalue weighted by Gasteiger charge is -2.26. The summed E-state index contributed by atoms with van der Waals surface area (Å²) in [5.74, 6) is 0. The number of hydrogen-bond acceptors (Lipinski definition) is 4. The maximum absolute atomic E-state index is 12.5. The smallest absolute Gasteiger partial charge is 0.399 e. The molecule has 3 rings (SSSR count). The third-order valence-electron chi connectivity index (χ3n) is 4.04. The molecular weight excluding hydrogens is 393 g/mol. The Morgan fingerprint density at radius 1 is 1.35 bits per heavy atom. The van der Waals surface area contributed by atoms with E-state index in [0.29, 0.717) is 16.8 Å². The summed E-state index contributed by atoms with van der Waals surface area (Å²) in [6.45, 7) is -1.34. The fourth-order valence-electron chi connectivity index (χ4n) is 2.97. The van der Waals surface area contributed by atoms with E-state index in [0.717, 1.165) is 36.4 Å². The molecule has 144 valence electrons. The lowest BCUT2D eigenvalue weighted by atomic mass is 9.88. The van der Waals surface area contributed by atoms with Crippen LogP contribution in [0.25, 0.3) is 0 Å². The molecule has 1 atom stereocenters. The number of nitrogens with zero attached hydrogens (tertiary/aromatic N) is 2. The zero-order chi connectivity index (χ0) is 18.2. The minimum Gasteiger partial charge on any atom is -0.399 e. The zero-order valence-electron chi connectivity index (χ0n) is 13.5. The number of rotatable bonds is 4. The fraction of sp³-hybridized carbons (Fsp3) is 0.400. The summed E-state index contributed by atoms with van der Waals surface area (Å²) in [5.41, 5.74) is 8.18. The Morgan fingerprint density at radius 3 is 2.77 bits per heavy atom. The van der Waals surface area contributed by atoms with Crippen LogP contribution >= 0.6 is 12.4 Å². The van der Waals surface area contributed by atoms with Gasteiger partial charge in [-0.3, -0.25) is 4.68 Å². The van der Waals surface area contributed by atoms with E-state index in [1.165, 1.54) is 0 Å². The Labute approximate surface area is 155 Å². The molecule has 1 aromatic heterocycles. The summed E-state index contributed by atoms with van der Waals surface area (Å²) in [4.78, 5) is -0.292. The summed E-state index contributed by atoms with van der Waals surface area (Å²) in [6.07, 6.45) is -0.474. The molecule has 2 aromatic rings. The van der Waals surface area contributed by atoms with Crippen molar-refractivity contribution >= 4 is 28.1 Å². The van der Waals surface area contributed by atoms with Crippen molar-refractivity contribution in [2.75, 3.05) is 5.73 Å². The fourth-order valence-corrected chi connectivity index (χ4v) is 4.17. The summed E-state index contributed by atoms with van der Waals surface area (Å²) in [7, 11) is -3.98. The predicted molar refractivity (Wildman–Crippen MR) is 92.4 cm³/mol. The number of aryl methyl sites for hydroxylation is 1. The van der Waals surface area contributed by atoms with Gasteiger partial charge in [-0.05, 0) is 42.5 Å². The molecule has 0 saturated heterocycles. The van der Waals surface area contributed by atoms with Crippen LogP contribution in [0.4, 0.5) is 18.9 Å². The molecule has 1 heterocycles. The van der Waals surface area contributed by atoms with Gasteiger partial charge in [-0.1, -0.05) is 6.07 Å². The number of nitrogen functional groups attached to an aromatic ring is 1. The van der Waals surface area contributed by atoms with E-state index in [9.17, 15) is 21.6 Å². The van der Waals surface area contributed by atoms with Crippen molar-refractivity contribution in [1.29, 1.82) is 0 Å². The first kappa shape index (κ1) is 20.5. The van der Waals surface area contributed by atoms with Crippen molar-refractivity contribution in [2.24, 2.45) is 0 Å². The topological polar surface area (TPSA) is 90.0 Å². The second-order valence-electron chi connectivity index (χ2n) is 6.01. The number of benzene rings is 1. The second kappa shape index (κ2) is 7.45. The van der Waals surface area contributed by atoms with Gasteiger partial charge in [0.15, 0.2) is 0 Å². The number of hydrogen-bond donors (Lipinski definition) is 2. The maximum Gasteiger partial charge on any atom is 0.408 e. The molecule has 0 aliphatic heterocycles. The maximum atomic E-state index is 12.5. The van der Waals surface area contributed by atoms with Crippen molar-refractivity contribution < 1.29 is 21.6 Å². The highest BCUT2D eigenvalue weighted by molar-refractivity contribution is 7.89. The van der Waals surface area contributed by atoms with Crippen LogP contribution in [0, 0.1) is 0 Å². The number of sulfonamides is 1. The van der Waals surface area contributed by atoms with Crippen molar-refractivity contribution in [3.8, 4) is 0 Å². The number of aromatic nitrogens is 2. The highest BCUT2D eigenvalue weighted by Crippen LogP contribution is 2.32. The van der Waals surface area contributed by atoms with Crippen LogP contribution in [0.1, 0.15) is 30.0 Å². The van der Waals surface area contributed by atoms with Gasteiger partial charge in [0.25, 0.3) is 0 Å². The molecule has 0 saturated carbocycles. The van der Waals surface area contributed by atoms with E-state index >= 15 is 0 Å². The average Bonchev–Trinajstić information content (AvgIpc) is 2.94. The monoisotopic (exact) mass is 410 g/mol. The molecule has 0 amide bonds. The molecule has 0 bridgehead atoms. The Hall–Kier alpha value is -1.78. The van der Waals surface area contributed by atoms with Crippen LogP contribution in [-0.2, 0) is 23.0 Å². The largest absolute Gasteiger partial charge is 0.408 e. The van der Waals surface area contributed by atoms with Crippen molar-refractivity contribution in [2.45, 2.75) is 42.9 Å². The van der Waals surface area contributed by atoms with Gasteiger partial charge in [0.1, 0.15) is 11.4 Å². The molecule has 0 fully saturated rings. The average molecular weight is 411 g/mol. The van der Waals surface area contributed by atoms with Gasteiger partial charge in [0.05, 0.1) is 6.20 Å². The molecule has 1 aliphatic rings. The van der Waals surface area contributed by atoms with Crippen LogP contribution in [0.15, 0.2) is 35.5 Å². The first-order valence-corrected chi connectivity index (χ1v) is 9.12. The number of nitrogens with two attached hydrogens (primary N) is 1. The molecule has 1 unspecified atom stereocenters. The molecule has 0 spiro atoms. The van der Waals surface area contributed by atoms with Crippen molar-refractivity contribution in [3.63, 3.8) is 0 Å². The number of fused-ring (bicyclic) bond motifs is 1. The first-order valence-electron chi connectivity index (χ1n) is 7.64. The van der Waals surface area contributed by atoms with Gasteiger partial charge in [-0.2, -0.15) is 18.3 Å². The molecule has 1 aromatic carbocycles. The molecule has 6 nitrogen and oxygen atoms in total. The van der Waals surface area contributed by atoms with Gasteiger partial charge in [-0.15, -0.1) is 12.4 Å². The zero-order valence-corrected chi connectivity index (χ0v) is 15.2. The molecule has 3 N–H and O–H groups in total. The summed E-state index contributed by atoms with van der Waals surface area (Å²) < 4.78 is 65.2. The van der Waals surface area contributed by atoms with Gasteiger partial charge in [-0.25, -0.2) is 13.1 Å². The molecule has 11 heteroatoms. The Balaban J connectivity index is 0.00000243. The van der Waals surface area contributed by atoms with Crippen LogP contribution in [0.5, 0.6) is 0 Å². The normalized spacial score (nSPS) is 17.4. The first-order chi connectivity index (χ1) is 11.6. The van der Waals surface area contributed by atoms with Gasteiger partial charge in [0.2, 0.25) is 10.0 Å². The van der Waals surface area contributed by atoms with E-state index in [2.05, 4.69) is 9.82 Å². The van der Waals surface area contributed by atoms with Crippen LogP contribution in [0.3, 0.4) is 0 Å². The lowest BCUT2D eigenvalue weighted by molar-refractivity contribution is -0.142. The Morgan fingerprint density at radius 2 is 2.08 bits per heavy atom. The van der Waals surface area contributed by atoms with Crippen LogP contribution < -0.4 is 10.5 Å². The van der Waals surface area contributed by atoms with Crippen molar-refractivity contribution in [3.05, 3.63) is 41.7 Å². The molecular formula is C15H18ClF3N4O2S. The van der Waals surface area contributed by atoms with E-state index in [1.807, 2.05) is 6.07 Å². The Bertz CT molecular complexity index is 883. The predicted octanol–water partition coefficient (Wildman–Crippen LogP) is 2.81. The Kier molecular flexibility index (Phi) is 5.89. The summed E-state index contributed by atoms with van der Waals surface area (Å²) in [5, 5.41) is 3.48. The third-order valence-corrected chi connectivity index (χ3v) is 5.47. The molecule has 26 heavy (non-hydrogen) atoms. The van der Waals surface area contributed by atoms with Crippen LogP contribution in [-0.4, -0.2) is 24.4 Å². The second-order valence-corrected chi connectivity index (χ2v) is 7.73. The lowest BCUT2D eigenvalue weighted by Crippen LogP contribution is -2.31. The number of halogens is 4.